The Bertz CT molecular complexity index is 405. The number of hydrogen-bond acceptors (Lipinski definition) is 2. The second-order valence-corrected chi connectivity index (χ2v) is 5.38. The third-order valence-electron chi connectivity index (χ3n) is 3.61. The molecule has 2 rings (SSSR count). The van der Waals surface area contributed by atoms with Crippen molar-refractivity contribution in [3.05, 3.63) is 29.0 Å². The number of carbonyl (C=O) groups is 1. The lowest BCUT2D eigenvalue weighted by atomic mass is 9.93. The fourth-order valence-corrected chi connectivity index (χ4v) is 2.66. The van der Waals surface area contributed by atoms with Gasteiger partial charge in [-0.25, -0.2) is 4.98 Å². The average Bonchev–Trinajstić information content (AvgIpc) is 2.58. The van der Waals surface area contributed by atoms with E-state index in [9.17, 15) is 4.79 Å². The van der Waals surface area contributed by atoms with E-state index in [1.54, 1.807) is 6.92 Å². The van der Waals surface area contributed by atoms with Gasteiger partial charge in [0.05, 0.1) is 0 Å². The maximum Gasteiger partial charge on any atom is 0.219 e. The van der Waals surface area contributed by atoms with E-state index in [-0.39, 0.29) is 5.91 Å². The molecule has 1 fully saturated rings. The average molecular weight is 267 g/mol. The van der Waals surface area contributed by atoms with E-state index in [0.29, 0.717) is 11.1 Å². The third-order valence-corrected chi connectivity index (χ3v) is 3.83. The van der Waals surface area contributed by atoms with Crippen LogP contribution in [0.3, 0.4) is 0 Å². The zero-order chi connectivity index (χ0) is 13.0. The molecule has 0 radical (unpaired) electrons. The van der Waals surface area contributed by atoms with Crippen LogP contribution in [-0.2, 0) is 11.2 Å². The molecular weight excluding hydrogens is 248 g/mol. The molecule has 4 heteroatoms. The molecule has 1 amide bonds. The Morgan fingerprint density at radius 3 is 2.94 bits per heavy atom. The van der Waals surface area contributed by atoms with E-state index >= 15 is 0 Å². The van der Waals surface area contributed by atoms with Gasteiger partial charge in [0.25, 0.3) is 0 Å². The molecule has 0 bridgehead atoms. The number of pyridine rings is 1. The van der Waals surface area contributed by atoms with Crippen LogP contribution in [0.4, 0.5) is 0 Å². The Labute approximate surface area is 113 Å². The van der Waals surface area contributed by atoms with Crippen molar-refractivity contribution >= 4 is 17.5 Å². The molecule has 0 aromatic carbocycles. The highest BCUT2D eigenvalue weighted by Gasteiger charge is 2.18. The van der Waals surface area contributed by atoms with Gasteiger partial charge in [-0.1, -0.05) is 17.7 Å². The molecule has 98 valence electrons. The maximum absolute atomic E-state index is 11.4. The molecule has 1 atom stereocenters. The van der Waals surface area contributed by atoms with E-state index < -0.39 is 0 Å². The third kappa shape index (κ3) is 3.70. The lowest BCUT2D eigenvalue weighted by Gasteiger charge is -2.18. The topological polar surface area (TPSA) is 33.2 Å². The number of nitrogens with zero attached hydrogens (tertiary/aromatic N) is 2. The van der Waals surface area contributed by atoms with E-state index in [0.717, 1.165) is 32.4 Å². The predicted octanol–water partition coefficient (Wildman–Crippen LogP) is 2.93. The molecule has 0 aliphatic carbocycles. The summed E-state index contributed by atoms with van der Waals surface area (Å²) in [5, 5.41) is 0.544. The van der Waals surface area contributed by atoms with Gasteiger partial charge >= 0.3 is 0 Å². The molecule has 1 saturated heterocycles. The summed E-state index contributed by atoms with van der Waals surface area (Å²) < 4.78 is 0. The molecule has 3 nitrogen and oxygen atoms in total. The Hall–Kier alpha value is -1.09. The molecule has 0 spiro atoms. The molecule has 0 unspecified atom stereocenters. The van der Waals surface area contributed by atoms with Crippen molar-refractivity contribution in [3.8, 4) is 0 Å². The zero-order valence-corrected chi connectivity index (χ0v) is 11.5. The maximum atomic E-state index is 11.4. The zero-order valence-electron chi connectivity index (χ0n) is 10.7. The summed E-state index contributed by atoms with van der Waals surface area (Å²) in [5.41, 5.74) is 1.24. The Balaban J connectivity index is 1.90. The summed E-state index contributed by atoms with van der Waals surface area (Å²) in [5.74, 6) is 0.848. The summed E-state index contributed by atoms with van der Waals surface area (Å²) >= 11 is 5.78. The first-order chi connectivity index (χ1) is 8.65. The Kier molecular flexibility index (Phi) is 4.59. The van der Waals surface area contributed by atoms with E-state index in [2.05, 4.69) is 4.98 Å². The molecule has 0 saturated carbocycles. The minimum atomic E-state index is 0.198. The highest BCUT2D eigenvalue weighted by atomic mass is 35.5. The first-order valence-electron chi connectivity index (χ1n) is 6.51. The van der Waals surface area contributed by atoms with Gasteiger partial charge in [0.2, 0.25) is 5.91 Å². The SMILES string of the molecule is CC(=O)N1CCC[C@@H](Cc2ccc(Cl)nc2)CC1. The van der Waals surface area contributed by atoms with Crippen molar-refractivity contribution in [1.82, 2.24) is 9.88 Å². The summed E-state index contributed by atoms with van der Waals surface area (Å²) in [6, 6.07) is 3.89. The van der Waals surface area contributed by atoms with Gasteiger partial charge in [-0.3, -0.25) is 4.79 Å². The molecule has 2 heterocycles. The minimum Gasteiger partial charge on any atom is -0.343 e. The van der Waals surface area contributed by atoms with Crippen molar-refractivity contribution in [2.24, 2.45) is 5.92 Å². The van der Waals surface area contributed by atoms with Crippen LogP contribution in [0.1, 0.15) is 31.7 Å². The number of hydrogen-bond donors (Lipinski definition) is 0. The van der Waals surface area contributed by atoms with Crippen LogP contribution in [0, 0.1) is 5.92 Å². The number of rotatable bonds is 2. The molecular formula is C14H19ClN2O. The molecule has 1 aromatic heterocycles. The fourth-order valence-electron chi connectivity index (χ4n) is 2.54. The summed E-state index contributed by atoms with van der Waals surface area (Å²) in [4.78, 5) is 17.4. The lowest BCUT2D eigenvalue weighted by molar-refractivity contribution is -0.128. The standard InChI is InChI=1S/C14H19ClN2O/c1-11(18)17-7-2-3-12(6-8-17)9-13-4-5-14(15)16-10-13/h4-5,10,12H,2-3,6-9H2,1H3/t12-/m1/s1. The molecule has 18 heavy (non-hydrogen) atoms. The second kappa shape index (κ2) is 6.19. The van der Waals surface area contributed by atoms with Crippen molar-refractivity contribution in [1.29, 1.82) is 0 Å². The number of likely N-dealkylation sites (tertiary alicyclic amines) is 1. The van der Waals surface area contributed by atoms with E-state index in [1.165, 1.54) is 12.0 Å². The first-order valence-corrected chi connectivity index (χ1v) is 6.89. The fraction of sp³-hybridized carbons (Fsp3) is 0.571. The molecule has 1 aromatic rings. The van der Waals surface area contributed by atoms with Crippen molar-refractivity contribution < 1.29 is 4.79 Å². The van der Waals surface area contributed by atoms with Crippen LogP contribution in [0.25, 0.3) is 0 Å². The number of amides is 1. The van der Waals surface area contributed by atoms with Crippen molar-refractivity contribution in [2.45, 2.75) is 32.6 Å². The minimum absolute atomic E-state index is 0.198. The van der Waals surface area contributed by atoms with Crippen LogP contribution in [0.2, 0.25) is 5.15 Å². The normalized spacial score (nSPS) is 20.6. The number of aromatic nitrogens is 1. The van der Waals surface area contributed by atoms with Gasteiger partial charge in [0.15, 0.2) is 0 Å². The molecule has 0 N–H and O–H groups in total. The monoisotopic (exact) mass is 266 g/mol. The van der Waals surface area contributed by atoms with E-state index in [4.69, 9.17) is 11.6 Å². The van der Waals surface area contributed by atoms with Crippen molar-refractivity contribution in [2.75, 3.05) is 13.1 Å². The van der Waals surface area contributed by atoms with Crippen LogP contribution in [0.15, 0.2) is 18.3 Å². The van der Waals surface area contributed by atoms with Gasteiger partial charge in [0, 0.05) is 26.2 Å². The number of halogens is 1. The Morgan fingerprint density at radius 2 is 2.28 bits per heavy atom. The summed E-state index contributed by atoms with van der Waals surface area (Å²) in [6.07, 6.45) is 6.27. The quantitative estimate of drug-likeness (QED) is 0.771. The smallest absolute Gasteiger partial charge is 0.219 e. The lowest BCUT2D eigenvalue weighted by Crippen LogP contribution is -2.29. The van der Waals surface area contributed by atoms with Gasteiger partial charge in [0.1, 0.15) is 5.15 Å². The second-order valence-electron chi connectivity index (χ2n) is 5.00. The van der Waals surface area contributed by atoms with Gasteiger partial charge in [-0.05, 0) is 43.2 Å². The van der Waals surface area contributed by atoms with Crippen molar-refractivity contribution in [3.63, 3.8) is 0 Å². The highest BCUT2D eigenvalue weighted by molar-refractivity contribution is 6.29. The first kappa shape index (κ1) is 13.3. The summed E-state index contributed by atoms with van der Waals surface area (Å²) in [7, 11) is 0. The van der Waals surface area contributed by atoms with Crippen LogP contribution >= 0.6 is 11.6 Å². The van der Waals surface area contributed by atoms with Gasteiger partial charge in [-0.2, -0.15) is 0 Å². The molecule has 1 aliphatic heterocycles. The van der Waals surface area contributed by atoms with Crippen LogP contribution in [-0.4, -0.2) is 28.9 Å². The molecule has 1 aliphatic rings. The Morgan fingerprint density at radius 1 is 1.44 bits per heavy atom. The van der Waals surface area contributed by atoms with Crippen LogP contribution < -0.4 is 0 Å². The summed E-state index contributed by atoms with van der Waals surface area (Å²) in [6.45, 7) is 3.45. The number of carbonyl (C=O) groups excluding carboxylic acids is 1. The van der Waals surface area contributed by atoms with E-state index in [1.807, 2.05) is 23.2 Å². The highest BCUT2D eigenvalue weighted by Crippen LogP contribution is 2.22. The van der Waals surface area contributed by atoms with Gasteiger partial charge < -0.3 is 4.90 Å². The predicted molar refractivity (Wildman–Crippen MR) is 72.5 cm³/mol. The van der Waals surface area contributed by atoms with Crippen LogP contribution in [0.5, 0.6) is 0 Å². The largest absolute Gasteiger partial charge is 0.343 e. The van der Waals surface area contributed by atoms with Gasteiger partial charge in [-0.15, -0.1) is 0 Å².